The Balaban J connectivity index is 1.48. The summed E-state index contributed by atoms with van der Waals surface area (Å²) in [6.45, 7) is 7.75. The van der Waals surface area contributed by atoms with E-state index in [9.17, 15) is 14.4 Å². The fourth-order valence-corrected chi connectivity index (χ4v) is 7.23. The number of nitrogens with one attached hydrogen (secondary N) is 1. The molecular formula is C26H33ClN3O5P. The zero-order valence-electron chi connectivity index (χ0n) is 20.9. The molecule has 1 fully saturated rings. The van der Waals surface area contributed by atoms with Crippen molar-refractivity contribution in [1.29, 1.82) is 0 Å². The van der Waals surface area contributed by atoms with Gasteiger partial charge in [-0.1, -0.05) is 37.0 Å². The lowest BCUT2D eigenvalue weighted by Crippen LogP contribution is -2.38. The second-order valence-electron chi connectivity index (χ2n) is 9.62. The van der Waals surface area contributed by atoms with Crippen molar-refractivity contribution < 1.29 is 23.6 Å². The number of aromatic nitrogens is 2. The number of rotatable bonds is 9. The minimum Gasteiger partial charge on any atom is -0.489 e. The van der Waals surface area contributed by atoms with Crippen LogP contribution in [-0.2, 0) is 4.57 Å². The average Bonchev–Trinajstić information content (AvgIpc) is 3.46. The Bertz CT molecular complexity index is 1240. The molecule has 1 aliphatic carbocycles. The highest BCUT2D eigenvalue weighted by atomic mass is 35.5. The number of nitrogens with zero attached hydrogens (tertiary/aromatic N) is 2. The van der Waals surface area contributed by atoms with Crippen molar-refractivity contribution >= 4 is 24.9 Å². The first kappa shape index (κ1) is 26.7. The van der Waals surface area contributed by atoms with Crippen molar-refractivity contribution in [2.45, 2.75) is 70.7 Å². The predicted octanol–water partition coefficient (Wildman–Crippen LogP) is 6.77. The van der Waals surface area contributed by atoms with Crippen LogP contribution in [0.4, 0.5) is 5.69 Å². The molecular weight excluding hydrogens is 501 g/mol. The van der Waals surface area contributed by atoms with Crippen molar-refractivity contribution in [2.24, 2.45) is 5.92 Å². The number of hydrogen-bond acceptors (Lipinski definition) is 6. The molecule has 0 aliphatic heterocycles. The Morgan fingerprint density at radius 3 is 2.47 bits per heavy atom. The lowest BCUT2D eigenvalue weighted by atomic mass is 9.88. The van der Waals surface area contributed by atoms with Gasteiger partial charge in [0.15, 0.2) is 0 Å². The minimum atomic E-state index is -4.23. The number of ether oxygens (including phenoxy) is 1. The first-order valence-corrected chi connectivity index (χ1v) is 14.3. The van der Waals surface area contributed by atoms with Gasteiger partial charge in [-0.15, -0.1) is 0 Å². The Hall–Kier alpha value is -2.38. The molecule has 194 valence electrons. The van der Waals surface area contributed by atoms with E-state index < -0.39 is 12.8 Å². The molecule has 0 bridgehead atoms. The molecule has 3 aromatic rings. The highest BCUT2D eigenvalue weighted by Crippen LogP contribution is 2.64. The second-order valence-corrected chi connectivity index (χ2v) is 12.0. The summed E-state index contributed by atoms with van der Waals surface area (Å²) in [5.74, 6) is 1.31. The molecule has 0 saturated heterocycles. The van der Waals surface area contributed by atoms with Crippen molar-refractivity contribution in [3.05, 3.63) is 47.5 Å². The third-order valence-electron chi connectivity index (χ3n) is 7.16. The first-order valence-electron chi connectivity index (χ1n) is 12.3. The molecule has 1 aromatic heterocycles. The molecule has 0 radical (unpaired) electrons. The summed E-state index contributed by atoms with van der Waals surface area (Å²) in [5.41, 5.74) is 2.37. The van der Waals surface area contributed by atoms with E-state index in [0.717, 1.165) is 23.2 Å². The molecule has 1 saturated carbocycles. The van der Waals surface area contributed by atoms with E-state index in [2.05, 4.69) is 15.5 Å². The SMILES string of the molecule is CCC1[C@@H](Nc2ccc(-c3nc(-c4ccc(OC(C)C)c(Cl)c4)no3)cc2)CC[C@@]1(CC)P(=O)(O)O. The smallest absolute Gasteiger partial charge is 0.331 e. The highest BCUT2D eigenvalue weighted by molar-refractivity contribution is 7.53. The van der Waals surface area contributed by atoms with Crippen LogP contribution in [0.1, 0.15) is 53.4 Å². The standard InChI is InChI=1S/C26H33ClN3O5P/c1-5-20-22(13-14-26(20,6-2)36(31,32)33)28-19-10-7-17(8-11-19)25-29-24(30-35-25)18-9-12-23(21(27)15-18)34-16(3)4/h7-12,15-16,20,22,28H,5-6,13-14H2,1-4H3,(H2,31,32,33)/t20?,22-,26+/m0/s1. The van der Waals surface area contributed by atoms with Gasteiger partial charge in [0.2, 0.25) is 5.82 Å². The summed E-state index contributed by atoms with van der Waals surface area (Å²) in [7, 11) is -4.23. The van der Waals surface area contributed by atoms with E-state index in [4.69, 9.17) is 20.9 Å². The van der Waals surface area contributed by atoms with Gasteiger partial charge in [0.1, 0.15) is 5.75 Å². The van der Waals surface area contributed by atoms with Gasteiger partial charge in [-0.2, -0.15) is 4.98 Å². The average molecular weight is 534 g/mol. The molecule has 2 aromatic carbocycles. The summed E-state index contributed by atoms with van der Waals surface area (Å²) in [6.07, 6.45) is 2.42. The normalized spacial score (nSPS) is 22.2. The van der Waals surface area contributed by atoms with Gasteiger partial charge in [0, 0.05) is 22.9 Å². The van der Waals surface area contributed by atoms with E-state index in [1.165, 1.54) is 0 Å². The van der Waals surface area contributed by atoms with Crippen LogP contribution in [-0.4, -0.2) is 37.2 Å². The Labute approximate surface area is 216 Å². The van der Waals surface area contributed by atoms with Crippen molar-refractivity contribution in [1.82, 2.24) is 10.1 Å². The predicted molar refractivity (Wildman–Crippen MR) is 141 cm³/mol. The van der Waals surface area contributed by atoms with Gasteiger partial charge >= 0.3 is 7.60 Å². The number of benzene rings is 2. The second kappa shape index (κ2) is 10.5. The van der Waals surface area contributed by atoms with Crippen LogP contribution in [0.3, 0.4) is 0 Å². The van der Waals surface area contributed by atoms with Crippen LogP contribution < -0.4 is 10.1 Å². The van der Waals surface area contributed by atoms with Crippen LogP contribution in [0.2, 0.25) is 5.02 Å². The summed E-state index contributed by atoms with van der Waals surface area (Å²) in [6, 6.07) is 13.0. The fourth-order valence-electron chi connectivity index (χ4n) is 5.38. The van der Waals surface area contributed by atoms with E-state index in [1.807, 2.05) is 58.0 Å². The summed E-state index contributed by atoms with van der Waals surface area (Å²) in [5, 5.41) is 7.12. The third kappa shape index (κ3) is 5.18. The summed E-state index contributed by atoms with van der Waals surface area (Å²) < 4.78 is 23.5. The van der Waals surface area contributed by atoms with Crippen molar-refractivity contribution in [3.8, 4) is 28.6 Å². The molecule has 1 unspecified atom stereocenters. The number of hydrogen-bond donors (Lipinski definition) is 3. The van der Waals surface area contributed by atoms with Gasteiger partial charge in [-0.25, -0.2) is 0 Å². The molecule has 0 spiro atoms. The maximum Gasteiger partial charge on any atom is 0.331 e. The quantitative estimate of drug-likeness (QED) is 0.258. The zero-order valence-corrected chi connectivity index (χ0v) is 22.6. The molecule has 1 aliphatic rings. The molecule has 1 heterocycles. The van der Waals surface area contributed by atoms with Gasteiger partial charge in [0.05, 0.1) is 16.3 Å². The van der Waals surface area contributed by atoms with Crippen LogP contribution in [0.15, 0.2) is 47.0 Å². The van der Waals surface area contributed by atoms with Gasteiger partial charge in [-0.05, 0) is 81.5 Å². The molecule has 3 atom stereocenters. The lowest BCUT2D eigenvalue weighted by Gasteiger charge is -2.37. The third-order valence-corrected chi connectivity index (χ3v) is 9.49. The fraction of sp³-hybridized carbons (Fsp3) is 0.462. The molecule has 8 nitrogen and oxygen atoms in total. The first-order chi connectivity index (χ1) is 17.1. The lowest BCUT2D eigenvalue weighted by molar-refractivity contribution is 0.242. The monoisotopic (exact) mass is 533 g/mol. The zero-order chi connectivity index (χ0) is 26.1. The van der Waals surface area contributed by atoms with Crippen LogP contribution >= 0.6 is 19.2 Å². The topological polar surface area (TPSA) is 118 Å². The van der Waals surface area contributed by atoms with Crippen LogP contribution in [0.25, 0.3) is 22.8 Å². The van der Waals surface area contributed by atoms with E-state index in [1.54, 1.807) is 12.1 Å². The summed E-state index contributed by atoms with van der Waals surface area (Å²) in [4.78, 5) is 24.7. The maximum atomic E-state index is 12.4. The van der Waals surface area contributed by atoms with Gasteiger partial charge < -0.3 is 24.4 Å². The Kier molecular flexibility index (Phi) is 7.81. The van der Waals surface area contributed by atoms with Crippen molar-refractivity contribution in [3.63, 3.8) is 0 Å². The largest absolute Gasteiger partial charge is 0.489 e. The van der Waals surface area contributed by atoms with Crippen molar-refractivity contribution in [2.75, 3.05) is 5.32 Å². The van der Waals surface area contributed by atoms with Gasteiger partial charge in [-0.3, -0.25) is 4.57 Å². The molecule has 10 heteroatoms. The molecule has 0 amide bonds. The maximum absolute atomic E-state index is 12.4. The van der Waals surface area contributed by atoms with Gasteiger partial charge in [0.25, 0.3) is 5.89 Å². The number of halogens is 1. The number of anilines is 1. The molecule has 36 heavy (non-hydrogen) atoms. The van der Waals surface area contributed by atoms with Crippen LogP contribution in [0, 0.1) is 5.92 Å². The van der Waals surface area contributed by atoms with E-state index in [0.29, 0.717) is 41.7 Å². The molecule has 4 rings (SSSR count). The van der Waals surface area contributed by atoms with E-state index in [-0.39, 0.29) is 18.1 Å². The Morgan fingerprint density at radius 2 is 1.89 bits per heavy atom. The summed E-state index contributed by atoms with van der Waals surface area (Å²) >= 11 is 6.35. The highest BCUT2D eigenvalue weighted by Gasteiger charge is 2.56. The van der Waals surface area contributed by atoms with Crippen LogP contribution in [0.5, 0.6) is 5.75 Å². The Morgan fingerprint density at radius 1 is 1.19 bits per heavy atom. The molecule has 3 N–H and O–H groups in total. The van der Waals surface area contributed by atoms with E-state index >= 15 is 0 Å². The minimum absolute atomic E-state index is 0.00386.